The van der Waals surface area contributed by atoms with Crippen LogP contribution >= 0.6 is 11.6 Å². The molecule has 0 bridgehead atoms. The van der Waals surface area contributed by atoms with Crippen LogP contribution in [-0.2, 0) is 16.0 Å². The Balaban J connectivity index is 1.57. The molecule has 1 aromatic heterocycles. The Labute approximate surface area is 174 Å². The van der Waals surface area contributed by atoms with E-state index in [2.05, 4.69) is 22.2 Å². The first-order chi connectivity index (χ1) is 14.0. The number of pyridine rings is 1. The molecular formula is C21H23ClFN3O3. The van der Waals surface area contributed by atoms with E-state index in [1.54, 1.807) is 12.4 Å². The number of carbonyl (C=O) groups excluding carboxylic acids is 2. The van der Waals surface area contributed by atoms with Gasteiger partial charge in [0.25, 0.3) is 5.91 Å². The highest BCUT2D eigenvalue weighted by Crippen LogP contribution is 2.20. The summed E-state index contributed by atoms with van der Waals surface area (Å²) in [7, 11) is 0. The third-order valence-corrected chi connectivity index (χ3v) is 4.29. The molecule has 0 saturated carbocycles. The van der Waals surface area contributed by atoms with E-state index in [0.717, 1.165) is 24.5 Å². The normalized spacial score (nSPS) is 10.3. The summed E-state index contributed by atoms with van der Waals surface area (Å²) in [6.07, 6.45) is 5.46. The van der Waals surface area contributed by atoms with E-state index in [1.807, 2.05) is 12.1 Å². The second kappa shape index (κ2) is 11.8. The number of hydrogen-bond donors (Lipinski definition) is 2. The van der Waals surface area contributed by atoms with Gasteiger partial charge in [0.15, 0.2) is 6.61 Å². The van der Waals surface area contributed by atoms with Crippen molar-refractivity contribution in [1.29, 1.82) is 0 Å². The molecule has 0 unspecified atom stereocenters. The van der Waals surface area contributed by atoms with Crippen LogP contribution in [0.1, 0.15) is 18.4 Å². The van der Waals surface area contributed by atoms with Gasteiger partial charge in [0, 0.05) is 37.1 Å². The van der Waals surface area contributed by atoms with Gasteiger partial charge in [-0.3, -0.25) is 14.6 Å². The Morgan fingerprint density at radius 1 is 1.21 bits per heavy atom. The fourth-order valence-electron chi connectivity index (χ4n) is 2.40. The number of nitrogens with one attached hydrogen (secondary N) is 2. The Hall–Kier alpha value is -2.93. The summed E-state index contributed by atoms with van der Waals surface area (Å²) >= 11 is 5.58. The first-order valence-corrected chi connectivity index (χ1v) is 9.53. The first kappa shape index (κ1) is 22.4. The number of aromatic nitrogens is 1. The molecule has 1 heterocycles. The standard InChI is InChI=1S/C21H23ClFN3O3/c1-15(21(28)26-10-3-5-16-4-2-9-24-13-16)8-11-25-20(27)14-29-17-6-7-18(22)19(23)12-17/h2,4,6-7,9,12-13H,1,3,5,8,10-11,14H2,(H,25,27)(H,26,28). The Morgan fingerprint density at radius 3 is 2.76 bits per heavy atom. The maximum absolute atomic E-state index is 13.3. The molecule has 0 aliphatic rings. The molecule has 2 N–H and O–H groups in total. The van der Waals surface area contributed by atoms with Crippen molar-refractivity contribution in [3.05, 3.63) is 71.3 Å². The van der Waals surface area contributed by atoms with E-state index in [-0.39, 0.29) is 35.7 Å². The summed E-state index contributed by atoms with van der Waals surface area (Å²) in [5.74, 6) is -1.03. The van der Waals surface area contributed by atoms with E-state index in [0.29, 0.717) is 18.5 Å². The first-order valence-electron chi connectivity index (χ1n) is 9.15. The van der Waals surface area contributed by atoms with E-state index < -0.39 is 5.82 Å². The molecular weight excluding hydrogens is 397 g/mol. The summed E-state index contributed by atoms with van der Waals surface area (Å²) < 4.78 is 18.5. The van der Waals surface area contributed by atoms with E-state index in [4.69, 9.17) is 16.3 Å². The number of carbonyl (C=O) groups is 2. The highest BCUT2D eigenvalue weighted by molar-refractivity contribution is 6.30. The molecule has 0 aliphatic carbocycles. The van der Waals surface area contributed by atoms with Gasteiger partial charge in [0.2, 0.25) is 5.91 Å². The summed E-state index contributed by atoms with van der Waals surface area (Å²) in [6, 6.07) is 7.80. The van der Waals surface area contributed by atoms with Crippen molar-refractivity contribution in [2.45, 2.75) is 19.3 Å². The smallest absolute Gasteiger partial charge is 0.257 e. The summed E-state index contributed by atoms with van der Waals surface area (Å²) in [4.78, 5) is 27.8. The largest absolute Gasteiger partial charge is 0.484 e. The van der Waals surface area contributed by atoms with Gasteiger partial charge in [-0.05, 0) is 43.0 Å². The molecule has 0 radical (unpaired) electrons. The molecule has 29 heavy (non-hydrogen) atoms. The quantitative estimate of drug-likeness (QED) is 0.433. The number of benzene rings is 1. The summed E-state index contributed by atoms with van der Waals surface area (Å²) in [5.41, 5.74) is 1.50. The molecule has 2 aromatic rings. The number of aryl methyl sites for hydroxylation is 1. The number of amides is 2. The van der Waals surface area contributed by atoms with Gasteiger partial charge in [-0.2, -0.15) is 0 Å². The van der Waals surface area contributed by atoms with E-state index in [9.17, 15) is 14.0 Å². The molecule has 0 spiro atoms. The minimum absolute atomic E-state index is 0.0179. The lowest BCUT2D eigenvalue weighted by Gasteiger charge is -2.10. The molecule has 6 nitrogen and oxygen atoms in total. The fourth-order valence-corrected chi connectivity index (χ4v) is 2.52. The lowest BCUT2D eigenvalue weighted by atomic mass is 10.1. The second-order valence-electron chi connectivity index (χ2n) is 6.29. The lowest BCUT2D eigenvalue weighted by molar-refractivity contribution is -0.123. The van der Waals surface area contributed by atoms with Crippen LogP contribution in [-0.4, -0.2) is 36.5 Å². The van der Waals surface area contributed by atoms with Crippen molar-refractivity contribution >= 4 is 23.4 Å². The van der Waals surface area contributed by atoms with Crippen LogP contribution in [0.15, 0.2) is 54.9 Å². The number of rotatable bonds is 11. The van der Waals surface area contributed by atoms with Crippen molar-refractivity contribution < 1.29 is 18.7 Å². The van der Waals surface area contributed by atoms with E-state index >= 15 is 0 Å². The minimum Gasteiger partial charge on any atom is -0.484 e. The highest BCUT2D eigenvalue weighted by Gasteiger charge is 2.09. The topological polar surface area (TPSA) is 80.3 Å². The molecule has 2 amide bonds. The van der Waals surface area contributed by atoms with Gasteiger partial charge < -0.3 is 15.4 Å². The molecule has 0 aliphatic heterocycles. The van der Waals surface area contributed by atoms with Crippen LogP contribution in [0.2, 0.25) is 5.02 Å². The van der Waals surface area contributed by atoms with Gasteiger partial charge in [0.05, 0.1) is 5.02 Å². The van der Waals surface area contributed by atoms with Crippen molar-refractivity contribution in [2.75, 3.05) is 19.7 Å². The minimum atomic E-state index is -0.618. The van der Waals surface area contributed by atoms with Crippen LogP contribution in [0.3, 0.4) is 0 Å². The molecule has 1 aromatic carbocycles. The maximum atomic E-state index is 13.3. The van der Waals surface area contributed by atoms with Crippen molar-refractivity contribution in [1.82, 2.24) is 15.6 Å². The molecule has 0 fully saturated rings. The van der Waals surface area contributed by atoms with Crippen molar-refractivity contribution in [2.24, 2.45) is 0 Å². The lowest BCUT2D eigenvalue weighted by Crippen LogP contribution is -2.32. The van der Waals surface area contributed by atoms with Gasteiger partial charge in [0.1, 0.15) is 11.6 Å². The van der Waals surface area contributed by atoms with Crippen molar-refractivity contribution in [3.63, 3.8) is 0 Å². The average molecular weight is 420 g/mol. The van der Waals surface area contributed by atoms with Gasteiger partial charge in [-0.25, -0.2) is 4.39 Å². The predicted molar refractivity (Wildman–Crippen MR) is 109 cm³/mol. The van der Waals surface area contributed by atoms with Crippen LogP contribution in [0, 0.1) is 5.82 Å². The average Bonchev–Trinajstić information content (AvgIpc) is 2.72. The SMILES string of the molecule is C=C(CCNC(=O)COc1ccc(Cl)c(F)c1)C(=O)NCCCc1cccnc1. The molecule has 2 rings (SSSR count). The van der Waals surface area contributed by atoms with Crippen LogP contribution in [0.25, 0.3) is 0 Å². The van der Waals surface area contributed by atoms with Crippen LogP contribution in [0.4, 0.5) is 4.39 Å². The zero-order valence-electron chi connectivity index (χ0n) is 15.9. The third kappa shape index (κ3) is 8.31. The van der Waals surface area contributed by atoms with Gasteiger partial charge in [-0.15, -0.1) is 0 Å². The second-order valence-corrected chi connectivity index (χ2v) is 6.70. The van der Waals surface area contributed by atoms with Crippen LogP contribution < -0.4 is 15.4 Å². The number of ether oxygens (including phenoxy) is 1. The number of nitrogens with zero attached hydrogens (tertiary/aromatic N) is 1. The predicted octanol–water partition coefficient (Wildman–Crippen LogP) is 3.06. The van der Waals surface area contributed by atoms with Crippen LogP contribution in [0.5, 0.6) is 5.75 Å². The molecule has 0 atom stereocenters. The zero-order chi connectivity index (χ0) is 21.1. The number of hydrogen-bond acceptors (Lipinski definition) is 4. The summed E-state index contributed by atoms with van der Waals surface area (Å²) in [5, 5.41) is 5.41. The zero-order valence-corrected chi connectivity index (χ0v) is 16.7. The highest BCUT2D eigenvalue weighted by atomic mass is 35.5. The Bertz CT molecular complexity index is 846. The Morgan fingerprint density at radius 2 is 2.03 bits per heavy atom. The maximum Gasteiger partial charge on any atom is 0.257 e. The van der Waals surface area contributed by atoms with Gasteiger partial charge >= 0.3 is 0 Å². The van der Waals surface area contributed by atoms with Gasteiger partial charge in [-0.1, -0.05) is 24.2 Å². The molecule has 154 valence electrons. The van der Waals surface area contributed by atoms with Crippen molar-refractivity contribution in [3.8, 4) is 5.75 Å². The molecule has 8 heteroatoms. The molecule has 0 saturated heterocycles. The number of halogens is 2. The summed E-state index contributed by atoms with van der Waals surface area (Å²) in [6.45, 7) is 4.25. The third-order valence-electron chi connectivity index (χ3n) is 3.98. The fraction of sp³-hybridized carbons (Fsp3) is 0.286. The monoisotopic (exact) mass is 419 g/mol. The Kier molecular flexibility index (Phi) is 9.11. The van der Waals surface area contributed by atoms with E-state index in [1.165, 1.54) is 12.1 Å².